The number of hydrogen-bond donors (Lipinski definition) is 4. The van der Waals surface area contributed by atoms with Crippen LogP contribution < -0.4 is 20.9 Å². The van der Waals surface area contributed by atoms with Gasteiger partial charge in [0.25, 0.3) is 0 Å². The molecule has 12 nitrogen and oxygen atoms in total. The van der Waals surface area contributed by atoms with Crippen molar-refractivity contribution in [3.63, 3.8) is 0 Å². The summed E-state index contributed by atoms with van der Waals surface area (Å²) in [5, 5.41) is 24.1. The minimum absolute atomic E-state index is 0.0354. The number of ketones is 2. The molecule has 4 aromatic rings. The van der Waals surface area contributed by atoms with Crippen molar-refractivity contribution >= 4 is 47.0 Å². The molecule has 2 unspecified atom stereocenters. The zero-order valence-electron chi connectivity index (χ0n) is 35.0. The van der Waals surface area contributed by atoms with E-state index in [0.717, 1.165) is 11.1 Å². The van der Waals surface area contributed by atoms with Gasteiger partial charge in [0.15, 0.2) is 11.6 Å². The Labute approximate surface area is 358 Å². The summed E-state index contributed by atoms with van der Waals surface area (Å²) in [4.78, 5) is 50.6. The largest absolute Gasteiger partial charge is 0.494 e. The minimum atomic E-state index is -1.67. The molecule has 0 heterocycles. The topological polar surface area (TPSA) is 198 Å². The van der Waals surface area contributed by atoms with E-state index in [0.29, 0.717) is 85.7 Å². The van der Waals surface area contributed by atoms with Gasteiger partial charge in [-0.1, -0.05) is 48.5 Å². The second kappa shape index (κ2) is 24.7. The molecule has 0 bridgehead atoms. The number of carbonyl (C=O) groups is 4. The Kier molecular flexibility index (Phi) is 19.2. The molecule has 0 aliphatic heterocycles. The number of unbranched alkanes of at least 4 members (excludes halogenated alkanes) is 4. The predicted molar refractivity (Wildman–Crippen MR) is 236 cm³/mol. The third-order valence-corrected chi connectivity index (χ3v) is 10.4. The molecule has 0 aliphatic rings. The molecule has 0 spiro atoms. The summed E-state index contributed by atoms with van der Waals surface area (Å²) in [5.74, 6) is -0.469. The fourth-order valence-corrected chi connectivity index (χ4v) is 6.90. The fourth-order valence-electron chi connectivity index (χ4n) is 6.90. The molecule has 0 saturated heterocycles. The summed E-state index contributed by atoms with van der Waals surface area (Å²) in [6.45, 7) is 0.826. The van der Waals surface area contributed by atoms with Crippen molar-refractivity contribution in [2.45, 2.75) is 76.4 Å². The van der Waals surface area contributed by atoms with Crippen LogP contribution in [0.3, 0.4) is 0 Å². The van der Waals surface area contributed by atoms with Gasteiger partial charge in [-0.05, 0) is 134 Å². The van der Waals surface area contributed by atoms with Crippen molar-refractivity contribution in [3.05, 3.63) is 131 Å². The maximum Gasteiger partial charge on any atom is 0.330 e. The smallest absolute Gasteiger partial charge is 0.330 e. The van der Waals surface area contributed by atoms with Gasteiger partial charge in [-0.2, -0.15) is 0 Å². The lowest BCUT2D eigenvalue weighted by atomic mass is 9.65. The quantitative estimate of drug-likeness (QED) is 0.0216. The maximum absolute atomic E-state index is 13.9. The minimum Gasteiger partial charge on any atom is -0.494 e. The zero-order chi connectivity index (χ0) is 44.0. The second-order valence-electron chi connectivity index (χ2n) is 15.0. The summed E-state index contributed by atoms with van der Waals surface area (Å²) >= 11 is 0. The van der Waals surface area contributed by atoms with E-state index in [1.807, 2.05) is 24.3 Å². The highest BCUT2D eigenvalue weighted by Crippen LogP contribution is 2.39. The van der Waals surface area contributed by atoms with Crippen molar-refractivity contribution in [1.29, 1.82) is 0 Å². The Morgan fingerprint density at radius 3 is 1.25 bits per heavy atom. The molecular formula is C49H58N2O10. The van der Waals surface area contributed by atoms with E-state index in [1.54, 1.807) is 84.9 Å². The van der Waals surface area contributed by atoms with Gasteiger partial charge >= 0.3 is 11.9 Å². The number of rotatable bonds is 26. The number of hydrogen-bond acceptors (Lipinski definition) is 12. The van der Waals surface area contributed by atoms with Crippen LogP contribution in [-0.2, 0) is 41.5 Å². The number of nitrogen functional groups attached to an aromatic ring is 2. The zero-order valence-corrected chi connectivity index (χ0v) is 35.0. The summed E-state index contributed by atoms with van der Waals surface area (Å²) in [6, 6.07) is 28.5. The molecule has 6 N–H and O–H groups in total. The predicted octanol–water partition coefficient (Wildman–Crippen LogP) is 7.13. The van der Waals surface area contributed by atoms with Crippen molar-refractivity contribution < 1.29 is 48.3 Å². The molecule has 2 atom stereocenters. The number of esters is 2. The first-order valence-corrected chi connectivity index (χ1v) is 20.5. The number of anilines is 2. The van der Waals surface area contributed by atoms with Crippen molar-refractivity contribution in [1.82, 2.24) is 0 Å². The number of Topliss-reactive ketones (excluding diaryl/α,β-unsaturated/α-hetero) is 2. The lowest BCUT2D eigenvalue weighted by Gasteiger charge is -2.41. The molecule has 324 valence electrons. The lowest BCUT2D eigenvalue weighted by molar-refractivity contribution is -0.152. The molecule has 0 amide bonds. The fraction of sp³-hybridized carbons (Fsp3) is 0.347. The van der Waals surface area contributed by atoms with Crippen LogP contribution in [0.2, 0.25) is 0 Å². The van der Waals surface area contributed by atoms with E-state index in [4.69, 9.17) is 20.9 Å². The van der Waals surface area contributed by atoms with Gasteiger partial charge in [-0.15, -0.1) is 0 Å². The van der Waals surface area contributed by atoms with Crippen LogP contribution in [0.15, 0.2) is 109 Å². The Balaban J connectivity index is 1.38. The number of benzene rings is 4. The molecule has 0 aliphatic carbocycles. The van der Waals surface area contributed by atoms with E-state index in [1.165, 1.54) is 26.4 Å². The summed E-state index contributed by atoms with van der Waals surface area (Å²) in [6.07, 6.45) is 6.35. The first-order valence-electron chi connectivity index (χ1n) is 20.5. The Bertz CT molecular complexity index is 1890. The third kappa shape index (κ3) is 15.7. The van der Waals surface area contributed by atoms with E-state index < -0.39 is 41.1 Å². The molecule has 0 aromatic heterocycles. The van der Waals surface area contributed by atoms with Crippen LogP contribution >= 0.6 is 0 Å². The number of ether oxygens (including phenoxy) is 4. The molecule has 61 heavy (non-hydrogen) atoms. The standard InChI is InChI=1S/C49H58N2O10/c1-58-45(54)29-19-35-15-25-41(26-16-35)60-31-7-3-5-9-43(52)47(56)49(33-37-11-21-39(50)22-12-37,34-38-13-23-40(51)24-14-38)48(57)44(53)10-6-4-8-32-61-42-27-17-36(18-28-42)20-30-46(55)59-2/h11-30,47-48,56-57H,3-10,31-34,50-51H2,1-2H3/b29-19+,30-20+. The third-order valence-electron chi connectivity index (χ3n) is 10.4. The average molecular weight is 835 g/mol. The SMILES string of the molecule is COC(=O)/C=C/c1ccc(OCCCCCC(=O)C(O)C(Cc2ccc(N)cc2)(Cc2ccc(N)cc2)C(O)C(=O)CCCCCOc2ccc(/C=C/C(=O)OC)cc2)cc1. The number of nitrogens with two attached hydrogens (primary N) is 2. The Morgan fingerprint density at radius 1 is 0.541 bits per heavy atom. The molecule has 4 aromatic carbocycles. The van der Waals surface area contributed by atoms with Gasteiger partial charge in [0.05, 0.1) is 27.4 Å². The maximum atomic E-state index is 13.9. The number of carbonyl (C=O) groups excluding carboxylic acids is 4. The van der Waals surface area contributed by atoms with Crippen LogP contribution in [0.25, 0.3) is 12.2 Å². The van der Waals surface area contributed by atoms with Crippen molar-refractivity contribution in [2.75, 3.05) is 38.9 Å². The number of aliphatic hydroxyl groups is 2. The van der Waals surface area contributed by atoms with Gasteiger partial charge in [-0.25, -0.2) is 9.59 Å². The van der Waals surface area contributed by atoms with Crippen LogP contribution in [0.1, 0.15) is 73.6 Å². The summed E-state index contributed by atoms with van der Waals surface area (Å²) < 4.78 is 20.9. The molecule has 0 radical (unpaired) electrons. The Hall–Kier alpha value is -6.24. The molecular weight excluding hydrogens is 777 g/mol. The highest BCUT2D eigenvalue weighted by Gasteiger charge is 2.50. The monoisotopic (exact) mass is 834 g/mol. The molecule has 0 fully saturated rings. The first kappa shape index (κ1) is 47.4. The molecule has 4 rings (SSSR count). The Morgan fingerprint density at radius 2 is 0.902 bits per heavy atom. The lowest BCUT2D eigenvalue weighted by Crippen LogP contribution is -2.55. The summed E-state index contributed by atoms with van der Waals surface area (Å²) in [5.41, 5.74) is 14.5. The molecule has 12 heteroatoms. The highest BCUT2D eigenvalue weighted by atomic mass is 16.5. The van der Waals surface area contributed by atoms with E-state index >= 15 is 0 Å². The van der Waals surface area contributed by atoms with Crippen LogP contribution in [0.4, 0.5) is 11.4 Å². The van der Waals surface area contributed by atoms with E-state index in [2.05, 4.69) is 9.47 Å². The summed E-state index contributed by atoms with van der Waals surface area (Å²) in [7, 11) is 2.64. The van der Waals surface area contributed by atoms with Crippen LogP contribution in [-0.4, -0.2) is 73.4 Å². The number of aliphatic hydroxyl groups excluding tert-OH is 2. The molecule has 0 saturated carbocycles. The van der Waals surface area contributed by atoms with Gasteiger partial charge in [-0.3, -0.25) is 9.59 Å². The second-order valence-corrected chi connectivity index (χ2v) is 15.0. The van der Waals surface area contributed by atoms with Gasteiger partial charge in [0.1, 0.15) is 23.7 Å². The first-order chi connectivity index (χ1) is 29.4. The van der Waals surface area contributed by atoms with Gasteiger partial charge in [0, 0.05) is 41.8 Å². The van der Waals surface area contributed by atoms with Crippen molar-refractivity contribution in [3.8, 4) is 11.5 Å². The van der Waals surface area contributed by atoms with Gasteiger partial charge < -0.3 is 40.6 Å². The average Bonchev–Trinajstić information content (AvgIpc) is 3.28. The van der Waals surface area contributed by atoms with Crippen LogP contribution in [0.5, 0.6) is 11.5 Å². The normalized spacial score (nSPS) is 12.5. The van der Waals surface area contributed by atoms with E-state index in [-0.39, 0.29) is 25.7 Å². The van der Waals surface area contributed by atoms with E-state index in [9.17, 15) is 29.4 Å². The van der Waals surface area contributed by atoms with Crippen molar-refractivity contribution in [2.24, 2.45) is 5.41 Å². The highest BCUT2D eigenvalue weighted by molar-refractivity contribution is 5.89. The van der Waals surface area contributed by atoms with Gasteiger partial charge in [0.2, 0.25) is 0 Å². The van der Waals surface area contributed by atoms with Crippen LogP contribution in [0, 0.1) is 5.41 Å². The number of methoxy groups -OCH3 is 2.